The minimum atomic E-state index is -3.05. The molecule has 9 heteroatoms. The second kappa shape index (κ2) is 17.3. The molecule has 0 spiro atoms. The predicted octanol–water partition coefficient (Wildman–Crippen LogP) is 7.82. The van der Waals surface area contributed by atoms with Crippen LogP contribution in [0.3, 0.4) is 0 Å². The summed E-state index contributed by atoms with van der Waals surface area (Å²) in [7, 11) is -3.05. The van der Waals surface area contributed by atoms with Gasteiger partial charge in [0.2, 0.25) is 11.8 Å². The van der Waals surface area contributed by atoms with Gasteiger partial charge in [-0.15, -0.1) is 11.3 Å². The van der Waals surface area contributed by atoms with E-state index < -0.39 is 38.8 Å². The highest BCUT2D eigenvalue weighted by atomic mass is 32.1. The first kappa shape index (κ1) is 40.3. The quantitative estimate of drug-likeness (QED) is 0.0458. The van der Waals surface area contributed by atoms with E-state index in [9.17, 15) is 24.9 Å². The van der Waals surface area contributed by atoms with Crippen molar-refractivity contribution < 1.29 is 29.3 Å². The molecule has 1 aliphatic heterocycles. The molecule has 57 heavy (non-hydrogen) atoms. The minimum Gasteiger partial charge on any atom is -0.507 e. The Morgan fingerprint density at radius 2 is 1.47 bits per heavy atom. The van der Waals surface area contributed by atoms with E-state index in [4.69, 9.17) is 4.43 Å². The number of hydrogen-bond acceptors (Lipinski definition) is 7. The third kappa shape index (κ3) is 8.13. The van der Waals surface area contributed by atoms with Crippen LogP contribution in [-0.2, 0) is 20.6 Å². The van der Waals surface area contributed by atoms with E-state index in [1.807, 2.05) is 102 Å². The SMILES string of the molecule is CC(C)(C)[Si](OCC1=C([C@H](O)CC/C(=C/c2ccccc2O)c2ccccc2)[C@H](CO)[C@@H]2C(=O)N(Cc3cccs3)C(=O)[C@@H]2C1)(c1ccccc1)c1ccccc1. The van der Waals surface area contributed by atoms with Crippen molar-refractivity contribution in [1.82, 2.24) is 4.90 Å². The van der Waals surface area contributed by atoms with E-state index in [1.165, 1.54) is 16.2 Å². The van der Waals surface area contributed by atoms with E-state index >= 15 is 0 Å². The number of allylic oxidation sites excluding steroid dienone is 1. The van der Waals surface area contributed by atoms with E-state index in [-0.39, 0.29) is 48.6 Å². The molecule has 1 aromatic heterocycles. The number of likely N-dealkylation sites (tertiary alicyclic amines) is 1. The number of aliphatic hydroxyl groups excluding tert-OH is 2. The number of rotatable bonds is 14. The molecule has 7 rings (SSSR count). The number of para-hydroxylation sites is 1. The standard InChI is InChI=1S/C48H51NO6SSi/c1-48(2,3)57(38-20-9-5-10-21-38,39-22-11-6-12-23-39)55-32-36-29-40-45(47(54)49(46(40)53)30-37-19-15-27-56-37)41(31-50)44(36)43(52)26-25-34(33-16-7-4-8-17-33)28-35-18-13-14-24-42(35)51/h4-24,27-28,40-41,43,45,50-52H,25-26,29-32H2,1-3H3/b34-28-/t40-,41+,43-,45-/m1/s1. The summed E-state index contributed by atoms with van der Waals surface area (Å²) in [4.78, 5) is 30.7. The molecular formula is C48H51NO6SSi. The Kier molecular flexibility index (Phi) is 12.2. The minimum absolute atomic E-state index is 0.130. The largest absolute Gasteiger partial charge is 0.507 e. The number of benzene rings is 4. The van der Waals surface area contributed by atoms with Crippen molar-refractivity contribution >= 4 is 53.5 Å². The second-order valence-corrected chi connectivity index (χ2v) is 21.5. The number of amides is 2. The van der Waals surface area contributed by atoms with Crippen molar-refractivity contribution in [3.63, 3.8) is 0 Å². The first-order valence-electron chi connectivity index (χ1n) is 19.7. The highest BCUT2D eigenvalue weighted by Crippen LogP contribution is 2.48. The fourth-order valence-electron chi connectivity index (χ4n) is 9.03. The number of thiophene rings is 1. The molecule has 2 heterocycles. The topological polar surface area (TPSA) is 107 Å². The molecule has 1 aliphatic carbocycles. The van der Waals surface area contributed by atoms with Crippen LogP contribution in [0.15, 0.2) is 144 Å². The molecule has 1 fully saturated rings. The maximum atomic E-state index is 14.3. The van der Waals surface area contributed by atoms with Gasteiger partial charge in [-0.1, -0.05) is 136 Å². The third-order valence-corrected chi connectivity index (χ3v) is 17.5. The van der Waals surface area contributed by atoms with Crippen molar-refractivity contribution in [3.05, 3.63) is 160 Å². The third-order valence-electron chi connectivity index (χ3n) is 11.7. The zero-order chi connectivity index (χ0) is 40.2. The van der Waals surface area contributed by atoms with Crippen LogP contribution in [0, 0.1) is 17.8 Å². The average Bonchev–Trinajstić information content (AvgIpc) is 3.83. The summed E-state index contributed by atoms with van der Waals surface area (Å²) in [5.41, 5.74) is 3.90. The Hall–Kier alpha value is -4.90. The Balaban J connectivity index is 1.30. The Morgan fingerprint density at radius 1 is 0.860 bits per heavy atom. The van der Waals surface area contributed by atoms with Gasteiger partial charge in [0.05, 0.1) is 37.7 Å². The number of phenolic OH excluding ortho intramolecular Hbond substituents is 1. The highest BCUT2D eigenvalue weighted by molar-refractivity contribution is 7.09. The van der Waals surface area contributed by atoms with Gasteiger partial charge in [0.1, 0.15) is 5.75 Å². The number of aliphatic hydroxyl groups is 2. The van der Waals surface area contributed by atoms with Crippen LogP contribution < -0.4 is 10.4 Å². The van der Waals surface area contributed by atoms with Gasteiger partial charge in [-0.2, -0.15) is 0 Å². The van der Waals surface area contributed by atoms with Crippen molar-refractivity contribution in [1.29, 1.82) is 0 Å². The molecule has 5 aromatic rings. The fraction of sp³-hybridized carbons (Fsp3) is 0.292. The lowest BCUT2D eigenvalue weighted by Gasteiger charge is -2.44. The molecule has 0 saturated carbocycles. The lowest BCUT2D eigenvalue weighted by molar-refractivity contribution is -0.140. The lowest BCUT2D eigenvalue weighted by Crippen LogP contribution is -2.66. The summed E-state index contributed by atoms with van der Waals surface area (Å²) in [5.74, 6) is -2.64. The molecule has 294 valence electrons. The molecule has 3 N–H and O–H groups in total. The monoisotopic (exact) mass is 797 g/mol. The van der Waals surface area contributed by atoms with E-state index in [0.29, 0.717) is 17.6 Å². The van der Waals surface area contributed by atoms with Gasteiger partial charge in [-0.05, 0) is 80.5 Å². The normalized spacial score (nSPS) is 19.6. The molecule has 0 radical (unpaired) electrons. The van der Waals surface area contributed by atoms with Crippen LogP contribution in [0.4, 0.5) is 0 Å². The summed E-state index contributed by atoms with van der Waals surface area (Å²) >= 11 is 1.50. The van der Waals surface area contributed by atoms with Crippen LogP contribution >= 0.6 is 11.3 Å². The number of fused-ring (bicyclic) bond motifs is 1. The number of carbonyl (C=O) groups is 2. The van der Waals surface area contributed by atoms with E-state index in [2.05, 4.69) is 45.0 Å². The van der Waals surface area contributed by atoms with Gasteiger partial charge < -0.3 is 19.7 Å². The number of carbonyl (C=O) groups excluding carboxylic acids is 2. The van der Waals surface area contributed by atoms with Gasteiger partial charge in [0.15, 0.2) is 0 Å². The predicted molar refractivity (Wildman–Crippen MR) is 230 cm³/mol. The zero-order valence-electron chi connectivity index (χ0n) is 32.8. The summed E-state index contributed by atoms with van der Waals surface area (Å²) in [5, 5.41) is 38.1. The second-order valence-electron chi connectivity index (χ2n) is 16.1. The van der Waals surface area contributed by atoms with Gasteiger partial charge in [0, 0.05) is 16.4 Å². The van der Waals surface area contributed by atoms with Gasteiger partial charge in [0.25, 0.3) is 8.32 Å². The van der Waals surface area contributed by atoms with Crippen molar-refractivity contribution in [2.45, 2.75) is 57.7 Å². The van der Waals surface area contributed by atoms with Crippen LogP contribution in [-0.4, -0.2) is 59.7 Å². The van der Waals surface area contributed by atoms with E-state index in [0.717, 1.165) is 32.0 Å². The molecule has 1 saturated heterocycles. The van der Waals surface area contributed by atoms with Crippen LogP contribution in [0.2, 0.25) is 5.04 Å². The average molecular weight is 798 g/mol. The summed E-state index contributed by atoms with van der Waals surface area (Å²) in [6.07, 6.45) is 1.86. The molecule has 4 aromatic carbocycles. The highest BCUT2D eigenvalue weighted by Gasteiger charge is 2.56. The van der Waals surface area contributed by atoms with Crippen LogP contribution in [0.1, 0.15) is 56.0 Å². The van der Waals surface area contributed by atoms with E-state index in [1.54, 1.807) is 12.1 Å². The maximum absolute atomic E-state index is 14.3. The summed E-state index contributed by atoms with van der Waals surface area (Å²) in [6, 6.07) is 41.5. The molecule has 4 atom stereocenters. The van der Waals surface area contributed by atoms with Gasteiger partial charge in [-0.3, -0.25) is 14.5 Å². The number of nitrogens with zero attached hydrogens (tertiary/aromatic N) is 1. The first-order valence-corrected chi connectivity index (χ1v) is 22.5. The molecule has 7 nitrogen and oxygen atoms in total. The molecule has 2 amide bonds. The fourth-order valence-corrected chi connectivity index (χ4v) is 14.3. The van der Waals surface area contributed by atoms with Crippen molar-refractivity contribution in [3.8, 4) is 5.75 Å². The smallest absolute Gasteiger partial charge is 0.261 e. The maximum Gasteiger partial charge on any atom is 0.261 e. The van der Waals surface area contributed by atoms with Crippen molar-refractivity contribution in [2.75, 3.05) is 13.2 Å². The number of hydrogen-bond donors (Lipinski definition) is 3. The molecule has 0 bridgehead atoms. The Morgan fingerprint density at radius 3 is 2.05 bits per heavy atom. The summed E-state index contributed by atoms with van der Waals surface area (Å²) < 4.78 is 7.43. The Labute approximate surface area is 340 Å². The lowest BCUT2D eigenvalue weighted by atomic mass is 9.68. The van der Waals surface area contributed by atoms with Crippen molar-refractivity contribution in [2.24, 2.45) is 17.8 Å². The Bertz CT molecular complexity index is 2180. The number of imide groups is 1. The molecule has 2 aliphatic rings. The number of aromatic hydroxyl groups is 1. The van der Waals surface area contributed by atoms with Gasteiger partial charge >= 0.3 is 0 Å². The van der Waals surface area contributed by atoms with Gasteiger partial charge in [-0.25, -0.2) is 0 Å². The summed E-state index contributed by atoms with van der Waals surface area (Å²) in [6.45, 7) is 6.54. The number of phenols is 1. The molecular weight excluding hydrogens is 747 g/mol. The first-order chi connectivity index (χ1) is 27.5. The molecule has 0 unspecified atom stereocenters. The van der Waals surface area contributed by atoms with Crippen LogP contribution in [0.5, 0.6) is 5.75 Å². The zero-order valence-corrected chi connectivity index (χ0v) is 34.6. The van der Waals surface area contributed by atoms with Crippen LogP contribution in [0.25, 0.3) is 11.6 Å².